The van der Waals surface area contributed by atoms with Gasteiger partial charge in [0.05, 0.1) is 25.3 Å². The molecule has 0 spiro atoms. The van der Waals surface area contributed by atoms with Crippen LogP contribution >= 0.6 is 0 Å². The molecular formula is C18H22F2N2O6. The maximum absolute atomic E-state index is 12.6. The van der Waals surface area contributed by atoms with Crippen molar-refractivity contribution in [2.75, 3.05) is 34.5 Å². The van der Waals surface area contributed by atoms with Crippen LogP contribution in [0, 0.1) is 0 Å². The molecular weight excluding hydrogens is 378 g/mol. The number of alkyl halides is 2. The van der Waals surface area contributed by atoms with Crippen molar-refractivity contribution in [2.24, 2.45) is 0 Å². The van der Waals surface area contributed by atoms with E-state index in [0.29, 0.717) is 11.3 Å². The summed E-state index contributed by atoms with van der Waals surface area (Å²) in [5.74, 6) is -0.751. The fourth-order valence-corrected chi connectivity index (χ4v) is 2.70. The minimum Gasteiger partial charge on any atom is -0.493 e. The molecule has 1 N–H and O–H groups in total. The SMILES string of the molecule is COCCOC(=O)C1=C(C)N(C)C(=O)NC1c1ccc(OC(F)F)c(OC)c1. The Kier molecular flexibility index (Phi) is 7.16. The summed E-state index contributed by atoms with van der Waals surface area (Å²) in [5.41, 5.74) is 1.06. The van der Waals surface area contributed by atoms with Crippen molar-refractivity contribution >= 4 is 12.0 Å². The number of esters is 1. The highest BCUT2D eigenvalue weighted by atomic mass is 19.3. The van der Waals surface area contributed by atoms with E-state index in [1.807, 2.05) is 0 Å². The smallest absolute Gasteiger partial charge is 0.387 e. The summed E-state index contributed by atoms with van der Waals surface area (Å²) in [6.07, 6.45) is 0. The minimum absolute atomic E-state index is 0.0377. The van der Waals surface area contributed by atoms with Gasteiger partial charge in [0.1, 0.15) is 6.61 Å². The van der Waals surface area contributed by atoms with Crippen LogP contribution < -0.4 is 14.8 Å². The number of carbonyl (C=O) groups is 2. The Labute approximate surface area is 161 Å². The lowest BCUT2D eigenvalue weighted by atomic mass is 9.94. The third-order valence-electron chi connectivity index (χ3n) is 4.23. The van der Waals surface area contributed by atoms with Gasteiger partial charge in [-0.2, -0.15) is 8.78 Å². The number of rotatable bonds is 8. The Bertz CT molecular complexity index is 768. The van der Waals surface area contributed by atoms with Crippen molar-refractivity contribution in [2.45, 2.75) is 19.6 Å². The van der Waals surface area contributed by atoms with Gasteiger partial charge in [-0.25, -0.2) is 9.59 Å². The second-order valence-electron chi connectivity index (χ2n) is 5.86. The second kappa shape index (κ2) is 9.36. The number of urea groups is 1. The van der Waals surface area contributed by atoms with Crippen molar-refractivity contribution in [3.05, 3.63) is 35.0 Å². The molecule has 0 aromatic heterocycles. The maximum Gasteiger partial charge on any atom is 0.387 e. The molecule has 0 aliphatic carbocycles. The zero-order valence-corrected chi connectivity index (χ0v) is 16.0. The first-order valence-corrected chi connectivity index (χ1v) is 8.34. The highest BCUT2D eigenvalue weighted by molar-refractivity contribution is 5.95. The highest BCUT2D eigenvalue weighted by Gasteiger charge is 2.35. The standard InChI is InChI=1S/C18H22F2N2O6/c1-10-14(16(23)27-8-7-25-3)15(21-18(24)22(10)2)11-5-6-12(28-17(19)20)13(9-11)26-4/h5-6,9,15,17H,7-8H2,1-4H3,(H,21,24). The second-order valence-corrected chi connectivity index (χ2v) is 5.86. The molecule has 1 heterocycles. The van der Waals surface area contributed by atoms with E-state index in [4.69, 9.17) is 14.2 Å². The van der Waals surface area contributed by atoms with Crippen LogP contribution in [0.15, 0.2) is 29.5 Å². The first kappa shape index (κ1) is 21.4. The van der Waals surface area contributed by atoms with Gasteiger partial charge in [-0.1, -0.05) is 6.07 Å². The number of benzene rings is 1. The molecule has 8 nitrogen and oxygen atoms in total. The summed E-state index contributed by atoms with van der Waals surface area (Å²) in [5, 5.41) is 2.70. The molecule has 1 aromatic carbocycles. The molecule has 2 amide bonds. The van der Waals surface area contributed by atoms with Crippen LogP contribution in [0.4, 0.5) is 13.6 Å². The molecule has 2 rings (SSSR count). The van der Waals surface area contributed by atoms with Gasteiger partial charge in [-0.15, -0.1) is 0 Å². The van der Waals surface area contributed by atoms with Gasteiger partial charge >= 0.3 is 18.6 Å². The third kappa shape index (κ3) is 4.69. The average molecular weight is 400 g/mol. The maximum atomic E-state index is 12.6. The summed E-state index contributed by atoms with van der Waals surface area (Å²) >= 11 is 0. The van der Waals surface area contributed by atoms with Crippen molar-refractivity contribution in [1.82, 2.24) is 10.2 Å². The van der Waals surface area contributed by atoms with Gasteiger partial charge in [-0.3, -0.25) is 0 Å². The van der Waals surface area contributed by atoms with Crippen LogP contribution in [0.2, 0.25) is 0 Å². The predicted octanol–water partition coefficient (Wildman–Crippen LogP) is 2.46. The van der Waals surface area contributed by atoms with Crippen LogP contribution in [0.5, 0.6) is 11.5 Å². The van der Waals surface area contributed by atoms with E-state index < -0.39 is 24.7 Å². The van der Waals surface area contributed by atoms with Crippen LogP contribution in [0.25, 0.3) is 0 Å². The Balaban J connectivity index is 2.42. The van der Waals surface area contributed by atoms with Crippen molar-refractivity contribution in [1.29, 1.82) is 0 Å². The molecule has 1 aromatic rings. The van der Waals surface area contributed by atoms with Gasteiger partial charge in [-0.05, 0) is 24.6 Å². The average Bonchev–Trinajstić information content (AvgIpc) is 2.65. The predicted molar refractivity (Wildman–Crippen MR) is 94.2 cm³/mol. The topological polar surface area (TPSA) is 86.3 Å². The number of halogens is 2. The summed E-state index contributed by atoms with van der Waals surface area (Å²) < 4.78 is 44.6. The number of carbonyl (C=O) groups excluding carboxylic acids is 2. The summed E-state index contributed by atoms with van der Waals surface area (Å²) in [7, 11) is 4.29. The zero-order valence-electron chi connectivity index (χ0n) is 16.0. The first-order chi connectivity index (χ1) is 13.3. The Morgan fingerprint density at radius 2 is 1.96 bits per heavy atom. The minimum atomic E-state index is -3.02. The monoisotopic (exact) mass is 400 g/mol. The van der Waals surface area contributed by atoms with E-state index in [1.54, 1.807) is 6.92 Å². The van der Waals surface area contributed by atoms with E-state index in [1.165, 1.54) is 44.4 Å². The Morgan fingerprint density at radius 1 is 1.25 bits per heavy atom. The quantitative estimate of drug-likeness (QED) is 0.533. The first-order valence-electron chi connectivity index (χ1n) is 8.34. The van der Waals surface area contributed by atoms with Gasteiger partial charge in [0.2, 0.25) is 0 Å². The number of nitrogens with one attached hydrogen (secondary N) is 1. The fraction of sp³-hybridized carbons (Fsp3) is 0.444. The molecule has 1 unspecified atom stereocenters. The number of methoxy groups -OCH3 is 2. The normalized spacial score (nSPS) is 16.9. The number of nitrogens with zero attached hydrogens (tertiary/aromatic N) is 1. The van der Waals surface area contributed by atoms with E-state index in [9.17, 15) is 18.4 Å². The van der Waals surface area contributed by atoms with Gasteiger partial charge < -0.3 is 29.2 Å². The molecule has 1 atom stereocenters. The van der Waals surface area contributed by atoms with Gasteiger partial charge in [0, 0.05) is 19.9 Å². The van der Waals surface area contributed by atoms with E-state index in [0.717, 1.165) is 0 Å². The number of hydrogen-bond acceptors (Lipinski definition) is 6. The fourth-order valence-electron chi connectivity index (χ4n) is 2.70. The van der Waals surface area contributed by atoms with Crippen LogP contribution in [-0.4, -0.2) is 58.0 Å². The van der Waals surface area contributed by atoms with E-state index >= 15 is 0 Å². The molecule has 10 heteroatoms. The lowest BCUT2D eigenvalue weighted by Crippen LogP contribution is -2.46. The van der Waals surface area contributed by atoms with Crippen LogP contribution in [-0.2, 0) is 14.3 Å². The molecule has 0 saturated heterocycles. The van der Waals surface area contributed by atoms with Gasteiger partial charge in [0.15, 0.2) is 11.5 Å². The number of hydrogen-bond donors (Lipinski definition) is 1. The molecule has 0 bridgehead atoms. The number of amides is 2. The largest absolute Gasteiger partial charge is 0.493 e. The lowest BCUT2D eigenvalue weighted by molar-refractivity contribution is -0.140. The summed E-state index contributed by atoms with van der Waals surface area (Å²) in [6, 6.07) is 2.89. The molecule has 0 radical (unpaired) electrons. The van der Waals surface area contributed by atoms with E-state index in [2.05, 4.69) is 10.1 Å². The van der Waals surface area contributed by atoms with Crippen LogP contribution in [0.3, 0.4) is 0 Å². The highest BCUT2D eigenvalue weighted by Crippen LogP contribution is 2.36. The molecule has 28 heavy (non-hydrogen) atoms. The molecule has 0 saturated carbocycles. The van der Waals surface area contributed by atoms with Gasteiger partial charge in [0.25, 0.3) is 0 Å². The number of allylic oxidation sites excluding steroid dienone is 1. The molecule has 154 valence electrons. The third-order valence-corrected chi connectivity index (χ3v) is 4.23. The summed E-state index contributed by atoms with van der Waals surface area (Å²) in [6.45, 7) is -1.14. The molecule has 1 aliphatic rings. The lowest BCUT2D eigenvalue weighted by Gasteiger charge is -2.33. The Morgan fingerprint density at radius 3 is 2.57 bits per heavy atom. The van der Waals surface area contributed by atoms with Crippen molar-refractivity contribution in [3.8, 4) is 11.5 Å². The van der Waals surface area contributed by atoms with Crippen molar-refractivity contribution < 1.29 is 37.3 Å². The van der Waals surface area contributed by atoms with E-state index in [-0.39, 0.29) is 30.3 Å². The Hall–Kier alpha value is -2.88. The summed E-state index contributed by atoms with van der Waals surface area (Å²) in [4.78, 5) is 26.1. The zero-order chi connectivity index (χ0) is 20.8. The number of ether oxygens (including phenoxy) is 4. The van der Waals surface area contributed by atoms with Crippen molar-refractivity contribution in [3.63, 3.8) is 0 Å². The van der Waals surface area contributed by atoms with Crippen LogP contribution in [0.1, 0.15) is 18.5 Å². The molecule has 0 fully saturated rings. The molecule has 1 aliphatic heterocycles.